The van der Waals surface area contributed by atoms with E-state index in [-0.39, 0.29) is 23.5 Å². The van der Waals surface area contributed by atoms with Gasteiger partial charge >= 0.3 is 0 Å². The summed E-state index contributed by atoms with van der Waals surface area (Å²) in [6, 6.07) is 5.67. The number of pyridine rings is 1. The highest BCUT2D eigenvalue weighted by atomic mass is 16.5. The predicted octanol–water partition coefficient (Wildman–Crippen LogP) is 1.26. The summed E-state index contributed by atoms with van der Waals surface area (Å²) in [6.45, 7) is 3.28. The topological polar surface area (TPSA) is 60.9 Å². The summed E-state index contributed by atoms with van der Waals surface area (Å²) in [7, 11) is 0. The van der Waals surface area contributed by atoms with Crippen LogP contribution in [0, 0.1) is 5.92 Å². The number of hydrogen-bond donors (Lipinski definition) is 0. The molecule has 4 rings (SSSR count). The maximum atomic E-state index is 12.4. The fourth-order valence-electron chi connectivity index (χ4n) is 3.68. The Morgan fingerprint density at radius 1 is 1.30 bits per heavy atom. The second kappa shape index (κ2) is 6.09. The van der Waals surface area contributed by atoms with Gasteiger partial charge in [-0.25, -0.2) is 4.98 Å². The van der Waals surface area contributed by atoms with Crippen LogP contribution in [0.1, 0.15) is 19.3 Å². The Hall–Kier alpha value is -1.66. The van der Waals surface area contributed by atoms with Crippen molar-refractivity contribution in [1.29, 1.82) is 0 Å². The molecule has 6 heteroatoms. The molecule has 0 saturated carbocycles. The molecule has 0 unspecified atom stereocenters. The van der Waals surface area contributed by atoms with Gasteiger partial charge in [0.2, 0.25) is 11.8 Å². The van der Waals surface area contributed by atoms with E-state index in [2.05, 4.69) is 4.98 Å². The largest absolute Gasteiger partial charge is 0.474 e. The van der Waals surface area contributed by atoms with Crippen molar-refractivity contribution in [3.8, 4) is 5.88 Å². The molecule has 0 bridgehead atoms. The van der Waals surface area contributed by atoms with E-state index < -0.39 is 0 Å². The zero-order valence-corrected chi connectivity index (χ0v) is 13.1. The molecular formula is C17H22N2O4. The average molecular weight is 318 g/mol. The van der Waals surface area contributed by atoms with Crippen LogP contribution in [0.5, 0.6) is 5.88 Å². The molecule has 2 atom stereocenters. The van der Waals surface area contributed by atoms with Gasteiger partial charge in [-0.2, -0.15) is 0 Å². The molecular weight excluding hydrogens is 296 g/mol. The van der Waals surface area contributed by atoms with Crippen LogP contribution in [-0.2, 0) is 14.3 Å². The number of nitrogens with zero attached hydrogens (tertiary/aromatic N) is 2. The van der Waals surface area contributed by atoms with Gasteiger partial charge in [0.15, 0.2) is 0 Å². The van der Waals surface area contributed by atoms with E-state index in [0.717, 1.165) is 19.3 Å². The third-order valence-corrected chi connectivity index (χ3v) is 4.92. The molecule has 23 heavy (non-hydrogen) atoms. The van der Waals surface area contributed by atoms with Gasteiger partial charge in [0.25, 0.3) is 0 Å². The fraction of sp³-hybridized carbons (Fsp3) is 0.647. The normalized spacial score (nSPS) is 29.3. The summed E-state index contributed by atoms with van der Waals surface area (Å²) in [4.78, 5) is 18.5. The number of carbonyl (C=O) groups excluding carboxylic acids is 1. The molecule has 1 aromatic heterocycles. The first-order valence-corrected chi connectivity index (χ1v) is 8.32. The van der Waals surface area contributed by atoms with Crippen LogP contribution in [-0.4, -0.2) is 60.4 Å². The molecule has 1 amide bonds. The number of ether oxygens (including phenoxy) is 3. The Morgan fingerprint density at radius 2 is 2.22 bits per heavy atom. The van der Waals surface area contributed by atoms with Gasteiger partial charge < -0.3 is 19.1 Å². The summed E-state index contributed by atoms with van der Waals surface area (Å²) < 4.78 is 17.3. The van der Waals surface area contributed by atoms with Crippen molar-refractivity contribution in [3.05, 3.63) is 24.4 Å². The lowest BCUT2D eigenvalue weighted by Gasteiger charge is -2.53. The van der Waals surface area contributed by atoms with Crippen molar-refractivity contribution in [1.82, 2.24) is 9.88 Å². The summed E-state index contributed by atoms with van der Waals surface area (Å²) >= 11 is 0. The number of carbonyl (C=O) groups is 1. The van der Waals surface area contributed by atoms with Gasteiger partial charge in [-0.3, -0.25) is 4.79 Å². The average Bonchev–Trinajstić information content (AvgIpc) is 3.07. The van der Waals surface area contributed by atoms with Crippen LogP contribution in [0.3, 0.4) is 0 Å². The Kier molecular flexibility index (Phi) is 3.95. The molecule has 124 valence electrons. The van der Waals surface area contributed by atoms with Crippen LogP contribution in [0.25, 0.3) is 0 Å². The highest BCUT2D eigenvalue weighted by molar-refractivity contribution is 5.80. The minimum absolute atomic E-state index is 0.0384. The monoisotopic (exact) mass is 318 g/mol. The molecule has 0 aromatic carbocycles. The van der Waals surface area contributed by atoms with Crippen molar-refractivity contribution < 1.29 is 19.0 Å². The highest BCUT2D eigenvalue weighted by Gasteiger charge is 2.51. The van der Waals surface area contributed by atoms with Crippen LogP contribution in [0.4, 0.5) is 0 Å². The van der Waals surface area contributed by atoms with E-state index in [1.807, 2.05) is 23.1 Å². The minimum Gasteiger partial charge on any atom is -0.474 e. The summed E-state index contributed by atoms with van der Waals surface area (Å²) in [6.07, 6.45) is 4.36. The first-order chi connectivity index (χ1) is 11.2. The SMILES string of the molecule is O=C([C@@H]1CCOC1)N1CC2(C[C@H](Oc3ccccn3)CCO2)C1. The number of likely N-dealkylation sites (tertiary alicyclic amines) is 1. The highest BCUT2D eigenvalue weighted by Crippen LogP contribution is 2.36. The van der Waals surface area contributed by atoms with E-state index in [1.54, 1.807) is 6.20 Å². The van der Waals surface area contributed by atoms with Crippen LogP contribution in [0.15, 0.2) is 24.4 Å². The zero-order chi connectivity index (χ0) is 15.7. The van der Waals surface area contributed by atoms with Crippen LogP contribution >= 0.6 is 0 Å². The third-order valence-electron chi connectivity index (χ3n) is 4.92. The van der Waals surface area contributed by atoms with E-state index in [1.165, 1.54) is 0 Å². The molecule has 4 heterocycles. The fourth-order valence-corrected chi connectivity index (χ4v) is 3.68. The molecule has 6 nitrogen and oxygen atoms in total. The van der Waals surface area contributed by atoms with Gasteiger partial charge in [-0.1, -0.05) is 6.07 Å². The third kappa shape index (κ3) is 3.05. The zero-order valence-electron chi connectivity index (χ0n) is 13.1. The Labute approximate surface area is 135 Å². The Morgan fingerprint density at radius 3 is 2.96 bits per heavy atom. The van der Waals surface area contributed by atoms with E-state index in [4.69, 9.17) is 14.2 Å². The number of amides is 1. The van der Waals surface area contributed by atoms with Gasteiger partial charge in [0, 0.05) is 31.7 Å². The predicted molar refractivity (Wildman–Crippen MR) is 82.1 cm³/mol. The number of hydrogen-bond acceptors (Lipinski definition) is 5. The van der Waals surface area contributed by atoms with Crippen molar-refractivity contribution in [2.75, 3.05) is 32.9 Å². The van der Waals surface area contributed by atoms with Gasteiger partial charge in [0.05, 0.1) is 32.2 Å². The van der Waals surface area contributed by atoms with E-state index in [9.17, 15) is 4.79 Å². The minimum atomic E-state index is -0.229. The molecule has 0 aliphatic carbocycles. The molecule has 3 aliphatic heterocycles. The van der Waals surface area contributed by atoms with Crippen LogP contribution < -0.4 is 4.74 Å². The Bertz CT molecular complexity index is 553. The molecule has 0 radical (unpaired) electrons. The summed E-state index contributed by atoms with van der Waals surface area (Å²) in [5, 5.41) is 0. The van der Waals surface area contributed by atoms with Crippen molar-refractivity contribution in [2.24, 2.45) is 5.92 Å². The molecule has 0 N–H and O–H groups in total. The van der Waals surface area contributed by atoms with E-state index in [0.29, 0.717) is 38.8 Å². The molecule has 3 aliphatic rings. The number of aromatic nitrogens is 1. The maximum Gasteiger partial charge on any atom is 0.228 e. The smallest absolute Gasteiger partial charge is 0.228 e. The van der Waals surface area contributed by atoms with Crippen molar-refractivity contribution in [2.45, 2.75) is 31.0 Å². The van der Waals surface area contributed by atoms with Gasteiger partial charge in [-0.05, 0) is 12.5 Å². The van der Waals surface area contributed by atoms with Gasteiger partial charge in [-0.15, -0.1) is 0 Å². The van der Waals surface area contributed by atoms with Crippen molar-refractivity contribution in [3.63, 3.8) is 0 Å². The second-order valence-electron chi connectivity index (χ2n) is 6.69. The number of rotatable bonds is 3. The second-order valence-corrected chi connectivity index (χ2v) is 6.69. The maximum absolute atomic E-state index is 12.4. The standard InChI is InChI=1S/C17H22N2O4/c20-16(13-4-7-21-10-13)19-11-17(12-19)9-14(5-8-22-17)23-15-3-1-2-6-18-15/h1-3,6,13-14H,4-5,7-12H2/t13-,14-/m1/s1. The molecule has 3 fully saturated rings. The van der Waals surface area contributed by atoms with E-state index >= 15 is 0 Å². The van der Waals surface area contributed by atoms with Gasteiger partial charge in [0.1, 0.15) is 11.7 Å². The quantitative estimate of drug-likeness (QED) is 0.839. The lowest BCUT2D eigenvalue weighted by Crippen LogP contribution is -2.68. The lowest BCUT2D eigenvalue weighted by molar-refractivity contribution is -0.195. The molecule has 1 spiro atoms. The first-order valence-electron chi connectivity index (χ1n) is 8.32. The summed E-state index contributed by atoms with van der Waals surface area (Å²) in [5.74, 6) is 0.908. The molecule has 3 saturated heterocycles. The molecule has 1 aromatic rings. The lowest BCUT2D eigenvalue weighted by atomic mass is 9.84. The van der Waals surface area contributed by atoms with Crippen LogP contribution in [0.2, 0.25) is 0 Å². The summed E-state index contributed by atoms with van der Waals surface area (Å²) in [5.41, 5.74) is -0.229. The first kappa shape index (κ1) is 14.9. The Balaban J connectivity index is 1.32. The van der Waals surface area contributed by atoms with Crippen molar-refractivity contribution >= 4 is 5.91 Å².